The monoisotopic (exact) mass is 310 g/mol. The quantitative estimate of drug-likeness (QED) is 0.702. The molecule has 0 aliphatic carbocycles. The average Bonchev–Trinajstić information content (AvgIpc) is 2.93. The van der Waals surface area contributed by atoms with Crippen LogP contribution in [0.4, 0.5) is 0 Å². The van der Waals surface area contributed by atoms with Crippen molar-refractivity contribution in [2.24, 2.45) is 0 Å². The summed E-state index contributed by atoms with van der Waals surface area (Å²) in [6.07, 6.45) is 7.81. The first kappa shape index (κ1) is 15.5. The van der Waals surface area contributed by atoms with Gasteiger partial charge >= 0.3 is 0 Å². The van der Waals surface area contributed by atoms with Crippen LogP contribution in [0, 0.1) is 0 Å². The lowest BCUT2D eigenvalue weighted by molar-refractivity contribution is 0.400. The molecule has 0 atom stereocenters. The maximum absolute atomic E-state index is 5.39. The highest BCUT2D eigenvalue weighted by Gasteiger charge is 2.12. The molecule has 2 heterocycles. The topological polar surface area (TPSA) is 43.2 Å². The van der Waals surface area contributed by atoms with Crippen molar-refractivity contribution >= 4 is 10.9 Å². The Morgan fingerprint density at radius 1 is 1.17 bits per heavy atom. The third-order valence-electron chi connectivity index (χ3n) is 3.91. The summed E-state index contributed by atoms with van der Waals surface area (Å²) in [5.74, 6) is 1.57. The van der Waals surface area contributed by atoms with Crippen LogP contribution in [0.15, 0.2) is 42.9 Å². The summed E-state index contributed by atoms with van der Waals surface area (Å²) < 4.78 is 7.44. The number of aromatic nitrogens is 3. The van der Waals surface area contributed by atoms with Crippen molar-refractivity contribution in [2.45, 2.75) is 12.8 Å². The molecule has 0 radical (unpaired) electrons. The predicted molar refractivity (Wildman–Crippen MR) is 92.3 cm³/mol. The lowest BCUT2D eigenvalue weighted by atomic mass is 10.1. The Bertz CT molecular complexity index is 780. The highest BCUT2D eigenvalue weighted by Crippen LogP contribution is 2.28. The Labute approximate surface area is 136 Å². The van der Waals surface area contributed by atoms with Crippen molar-refractivity contribution in [1.29, 1.82) is 0 Å². The minimum absolute atomic E-state index is 0.696. The highest BCUT2D eigenvalue weighted by atomic mass is 16.5. The van der Waals surface area contributed by atoms with E-state index in [-0.39, 0.29) is 0 Å². The summed E-state index contributed by atoms with van der Waals surface area (Å²) in [7, 11) is 5.90. The fourth-order valence-electron chi connectivity index (χ4n) is 2.77. The van der Waals surface area contributed by atoms with E-state index >= 15 is 0 Å². The Balaban J connectivity index is 2.04. The van der Waals surface area contributed by atoms with Crippen LogP contribution in [0.5, 0.6) is 5.75 Å². The Morgan fingerprint density at radius 2 is 1.96 bits per heavy atom. The summed E-state index contributed by atoms with van der Waals surface area (Å²) in [6.45, 7) is 1.07. The van der Waals surface area contributed by atoms with Crippen LogP contribution in [0.1, 0.15) is 12.0 Å². The number of ether oxygens (including phenoxy) is 1. The van der Waals surface area contributed by atoms with Gasteiger partial charge in [-0.3, -0.25) is 4.57 Å². The number of hydrogen-bond acceptors (Lipinski definition) is 4. The maximum atomic E-state index is 5.39. The van der Waals surface area contributed by atoms with E-state index in [0.29, 0.717) is 5.95 Å². The van der Waals surface area contributed by atoms with E-state index in [2.05, 4.69) is 51.9 Å². The van der Waals surface area contributed by atoms with Crippen LogP contribution in [0.25, 0.3) is 16.9 Å². The average molecular weight is 310 g/mol. The van der Waals surface area contributed by atoms with Gasteiger partial charge in [0.1, 0.15) is 5.75 Å². The van der Waals surface area contributed by atoms with Gasteiger partial charge in [0.2, 0.25) is 5.95 Å². The van der Waals surface area contributed by atoms with E-state index in [9.17, 15) is 0 Å². The predicted octanol–water partition coefficient (Wildman–Crippen LogP) is 2.92. The smallest absolute Gasteiger partial charge is 0.234 e. The van der Waals surface area contributed by atoms with Gasteiger partial charge < -0.3 is 9.64 Å². The molecule has 120 valence electrons. The normalized spacial score (nSPS) is 11.3. The van der Waals surface area contributed by atoms with Gasteiger partial charge in [0.05, 0.1) is 12.6 Å². The molecule has 3 aromatic rings. The molecule has 0 fully saturated rings. The molecule has 0 amide bonds. The molecule has 0 aliphatic heterocycles. The summed E-state index contributed by atoms with van der Waals surface area (Å²) in [4.78, 5) is 11.0. The number of aryl methyl sites for hydroxylation is 1. The Morgan fingerprint density at radius 3 is 2.65 bits per heavy atom. The lowest BCUT2D eigenvalue weighted by Gasteiger charge is -2.08. The molecule has 5 heteroatoms. The van der Waals surface area contributed by atoms with E-state index in [4.69, 9.17) is 4.74 Å². The second kappa shape index (κ2) is 6.79. The number of fused-ring (bicyclic) bond motifs is 1. The largest absolute Gasteiger partial charge is 0.497 e. The molecule has 0 saturated heterocycles. The van der Waals surface area contributed by atoms with Gasteiger partial charge in [0.25, 0.3) is 0 Å². The van der Waals surface area contributed by atoms with E-state index in [1.165, 1.54) is 10.9 Å². The first-order valence-corrected chi connectivity index (χ1v) is 7.79. The molecule has 2 aromatic heterocycles. The van der Waals surface area contributed by atoms with Crippen LogP contribution in [0.2, 0.25) is 0 Å². The van der Waals surface area contributed by atoms with E-state index in [1.54, 1.807) is 19.5 Å². The zero-order valence-corrected chi connectivity index (χ0v) is 13.9. The first-order chi connectivity index (χ1) is 11.2. The van der Waals surface area contributed by atoms with Crippen molar-refractivity contribution in [1.82, 2.24) is 19.4 Å². The van der Waals surface area contributed by atoms with Gasteiger partial charge in [0.15, 0.2) is 0 Å². The van der Waals surface area contributed by atoms with Gasteiger partial charge in [-0.2, -0.15) is 0 Å². The minimum Gasteiger partial charge on any atom is -0.497 e. The van der Waals surface area contributed by atoms with Crippen LogP contribution >= 0.6 is 0 Å². The minimum atomic E-state index is 0.696. The number of benzene rings is 1. The second-order valence-corrected chi connectivity index (χ2v) is 5.86. The van der Waals surface area contributed by atoms with Gasteiger partial charge in [-0.25, -0.2) is 9.97 Å². The number of hydrogen-bond donors (Lipinski definition) is 0. The highest BCUT2D eigenvalue weighted by molar-refractivity contribution is 5.86. The van der Waals surface area contributed by atoms with Gasteiger partial charge in [-0.05, 0) is 63.3 Å². The van der Waals surface area contributed by atoms with E-state index in [0.717, 1.165) is 30.7 Å². The lowest BCUT2D eigenvalue weighted by Crippen LogP contribution is -2.13. The Kier molecular flexibility index (Phi) is 4.57. The maximum Gasteiger partial charge on any atom is 0.234 e. The number of methoxy groups -OCH3 is 1. The van der Waals surface area contributed by atoms with Gasteiger partial charge in [-0.15, -0.1) is 0 Å². The van der Waals surface area contributed by atoms with Gasteiger partial charge in [0, 0.05) is 24.0 Å². The molecular formula is C18H22N4O. The number of rotatable bonds is 6. The molecular weight excluding hydrogens is 288 g/mol. The second-order valence-electron chi connectivity index (χ2n) is 5.86. The molecule has 0 unspecified atom stereocenters. The SMILES string of the molecule is COc1ccc2c(c1)c(CCCN(C)C)cn2-c1ncccn1. The molecule has 3 rings (SSSR count). The third-order valence-corrected chi connectivity index (χ3v) is 3.91. The molecule has 0 saturated carbocycles. The van der Waals surface area contributed by atoms with Crippen molar-refractivity contribution < 1.29 is 4.74 Å². The Hall–Kier alpha value is -2.40. The zero-order valence-electron chi connectivity index (χ0n) is 13.9. The molecule has 0 aliphatic rings. The molecule has 0 bridgehead atoms. The zero-order chi connectivity index (χ0) is 16.2. The van der Waals surface area contributed by atoms with Crippen LogP contribution in [-0.4, -0.2) is 47.2 Å². The van der Waals surface area contributed by atoms with Crippen LogP contribution in [0.3, 0.4) is 0 Å². The van der Waals surface area contributed by atoms with E-state index in [1.807, 2.05) is 12.1 Å². The fraction of sp³-hybridized carbons (Fsp3) is 0.333. The van der Waals surface area contributed by atoms with Gasteiger partial charge in [-0.1, -0.05) is 0 Å². The van der Waals surface area contributed by atoms with Crippen molar-refractivity contribution in [3.05, 3.63) is 48.4 Å². The molecule has 0 spiro atoms. The first-order valence-electron chi connectivity index (χ1n) is 7.79. The van der Waals surface area contributed by atoms with E-state index < -0.39 is 0 Å². The standard InChI is InChI=1S/C18H22N4O/c1-21(2)11-4-6-14-13-22(18-19-9-5-10-20-18)17-8-7-15(23-3)12-16(14)17/h5,7-10,12-13H,4,6,11H2,1-3H3. The molecule has 23 heavy (non-hydrogen) atoms. The summed E-state index contributed by atoms with van der Waals surface area (Å²) in [5.41, 5.74) is 2.41. The van der Waals surface area contributed by atoms with Crippen LogP contribution < -0.4 is 4.74 Å². The molecule has 1 aromatic carbocycles. The summed E-state index contributed by atoms with van der Waals surface area (Å²) in [6, 6.07) is 7.97. The van der Waals surface area contributed by atoms with Crippen molar-refractivity contribution in [3.63, 3.8) is 0 Å². The third kappa shape index (κ3) is 3.35. The molecule has 5 nitrogen and oxygen atoms in total. The van der Waals surface area contributed by atoms with Crippen molar-refractivity contribution in [2.75, 3.05) is 27.7 Å². The molecule has 0 N–H and O–H groups in total. The summed E-state index contributed by atoms with van der Waals surface area (Å²) in [5, 5.41) is 1.20. The van der Waals surface area contributed by atoms with Crippen LogP contribution in [-0.2, 0) is 6.42 Å². The van der Waals surface area contributed by atoms with Crippen molar-refractivity contribution in [3.8, 4) is 11.7 Å². The summed E-state index contributed by atoms with van der Waals surface area (Å²) >= 11 is 0. The fourth-order valence-corrected chi connectivity index (χ4v) is 2.77. The number of nitrogens with zero attached hydrogens (tertiary/aromatic N) is 4.